The van der Waals surface area contributed by atoms with Gasteiger partial charge in [-0.15, -0.1) is 22.7 Å². The molecule has 0 aliphatic carbocycles. The topological polar surface area (TPSA) is 129 Å². The first-order valence-electron chi connectivity index (χ1n) is 12.7. The summed E-state index contributed by atoms with van der Waals surface area (Å²) in [4.78, 5) is 35.8. The van der Waals surface area contributed by atoms with E-state index in [9.17, 15) is 14.7 Å². The van der Waals surface area contributed by atoms with Gasteiger partial charge in [-0.3, -0.25) is 10.3 Å². The van der Waals surface area contributed by atoms with Gasteiger partial charge in [0.2, 0.25) is 0 Å². The minimum atomic E-state index is -0.924. The van der Waals surface area contributed by atoms with E-state index in [1.54, 1.807) is 35.0 Å². The minimum Gasteiger partial charge on any atom is -0.444 e. The molecule has 37 heavy (non-hydrogen) atoms. The molecule has 3 amide bonds. The number of urea groups is 1. The molecule has 0 bridgehead atoms. The molecule has 0 radical (unpaired) electrons. The fraction of sp³-hybridized carbons (Fsp3) is 0.680. The number of aliphatic hydroxyl groups excluding tert-OH is 1. The summed E-state index contributed by atoms with van der Waals surface area (Å²) in [5, 5.41) is 22.9. The van der Waals surface area contributed by atoms with E-state index in [1.807, 2.05) is 33.1 Å². The number of aromatic nitrogens is 2. The zero-order valence-electron chi connectivity index (χ0n) is 22.9. The van der Waals surface area contributed by atoms with Gasteiger partial charge in [-0.1, -0.05) is 27.7 Å². The van der Waals surface area contributed by atoms with Crippen LogP contribution in [0.25, 0.3) is 0 Å². The van der Waals surface area contributed by atoms with Crippen molar-refractivity contribution in [3.8, 4) is 0 Å². The number of nitrogens with zero attached hydrogens (tertiary/aromatic N) is 3. The molecule has 0 aromatic carbocycles. The number of carbonyl (C=O) groups excluding carboxylic acids is 2. The number of carbonyl (C=O) groups is 2. The van der Waals surface area contributed by atoms with Crippen LogP contribution in [-0.4, -0.2) is 63.5 Å². The molecule has 2 aromatic rings. The molecule has 208 valence electrons. The van der Waals surface area contributed by atoms with Crippen molar-refractivity contribution in [3.05, 3.63) is 32.7 Å². The van der Waals surface area contributed by atoms with Gasteiger partial charge in [0.1, 0.15) is 12.8 Å². The summed E-state index contributed by atoms with van der Waals surface area (Å²) in [5.74, 6) is 0.362. The molecular weight excluding hydrogens is 512 g/mol. The lowest BCUT2D eigenvalue weighted by atomic mass is 10.0. The SMILES string of the molecule is CC(CCC(C)NC(O)C(NC(=O)N(C)Cc1csc(C(C)C)n1)C(C)C)NC(=O)OCc1cncs1. The molecular formula is C25H42N6O4S2. The summed E-state index contributed by atoms with van der Waals surface area (Å²) >= 11 is 3.04. The van der Waals surface area contributed by atoms with Gasteiger partial charge >= 0.3 is 12.1 Å². The lowest BCUT2D eigenvalue weighted by Crippen LogP contribution is -2.56. The maximum atomic E-state index is 12.8. The molecule has 0 fully saturated rings. The van der Waals surface area contributed by atoms with Gasteiger partial charge in [0.25, 0.3) is 0 Å². The van der Waals surface area contributed by atoms with Gasteiger partial charge in [0.05, 0.1) is 33.7 Å². The van der Waals surface area contributed by atoms with E-state index in [2.05, 4.69) is 39.8 Å². The van der Waals surface area contributed by atoms with Gasteiger partial charge in [-0.25, -0.2) is 14.6 Å². The maximum absolute atomic E-state index is 12.8. The van der Waals surface area contributed by atoms with E-state index < -0.39 is 18.4 Å². The van der Waals surface area contributed by atoms with Crippen LogP contribution in [0.4, 0.5) is 9.59 Å². The van der Waals surface area contributed by atoms with Crippen molar-refractivity contribution in [3.63, 3.8) is 0 Å². The monoisotopic (exact) mass is 554 g/mol. The summed E-state index contributed by atoms with van der Waals surface area (Å²) in [6.07, 6.45) is 1.70. The van der Waals surface area contributed by atoms with Crippen molar-refractivity contribution in [2.45, 2.75) is 97.8 Å². The van der Waals surface area contributed by atoms with Crippen molar-refractivity contribution < 1.29 is 19.4 Å². The zero-order valence-corrected chi connectivity index (χ0v) is 24.5. The summed E-state index contributed by atoms with van der Waals surface area (Å²) in [6, 6.07) is -0.864. The second kappa shape index (κ2) is 15.2. The number of alkyl carbamates (subject to hydrolysis) is 1. The number of amides is 3. The van der Waals surface area contributed by atoms with E-state index >= 15 is 0 Å². The highest BCUT2D eigenvalue weighted by Crippen LogP contribution is 2.20. The van der Waals surface area contributed by atoms with Gasteiger partial charge < -0.3 is 25.4 Å². The smallest absolute Gasteiger partial charge is 0.407 e. The number of thiazole rings is 2. The fourth-order valence-corrected chi connectivity index (χ4v) is 4.91. The highest BCUT2D eigenvalue weighted by atomic mass is 32.1. The Morgan fingerprint density at radius 3 is 2.38 bits per heavy atom. The highest BCUT2D eigenvalue weighted by Gasteiger charge is 2.27. The molecule has 12 heteroatoms. The minimum absolute atomic E-state index is 0.00720. The molecule has 2 rings (SSSR count). The number of aliphatic hydroxyl groups is 1. The lowest BCUT2D eigenvalue weighted by Gasteiger charge is -2.32. The number of rotatable bonds is 14. The van der Waals surface area contributed by atoms with Gasteiger partial charge in [-0.2, -0.15) is 0 Å². The molecule has 2 heterocycles. The van der Waals surface area contributed by atoms with Crippen molar-refractivity contribution in [1.29, 1.82) is 0 Å². The molecule has 4 N–H and O–H groups in total. The molecule has 0 aliphatic rings. The first-order chi connectivity index (χ1) is 17.5. The summed E-state index contributed by atoms with van der Waals surface area (Å²) < 4.78 is 5.21. The molecule has 0 aliphatic heterocycles. The molecule has 0 saturated heterocycles. The fourth-order valence-electron chi connectivity index (χ4n) is 3.58. The molecule has 10 nitrogen and oxygen atoms in total. The predicted octanol–water partition coefficient (Wildman–Crippen LogP) is 4.28. The molecule has 2 aromatic heterocycles. The van der Waals surface area contributed by atoms with Gasteiger partial charge in [-0.05, 0) is 32.6 Å². The van der Waals surface area contributed by atoms with Crippen molar-refractivity contribution in [2.75, 3.05) is 7.05 Å². The molecule has 0 spiro atoms. The Bertz CT molecular complexity index is 953. The van der Waals surface area contributed by atoms with Crippen LogP contribution in [0.5, 0.6) is 0 Å². The number of nitrogens with one attached hydrogen (secondary N) is 3. The van der Waals surface area contributed by atoms with Crippen LogP contribution in [0.2, 0.25) is 0 Å². The second-order valence-corrected chi connectivity index (χ2v) is 11.9. The van der Waals surface area contributed by atoms with Crippen LogP contribution in [0, 0.1) is 5.92 Å². The van der Waals surface area contributed by atoms with Crippen LogP contribution in [0.1, 0.15) is 75.9 Å². The predicted molar refractivity (Wildman–Crippen MR) is 148 cm³/mol. The molecule has 4 atom stereocenters. The van der Waals surface area contributed by atoms with E-state index in [1.165, 1.54) is 11.3 Å². The van der Waals surface area contributed by atoms with Crippen LogP contribution >= 0.6 is 22.7 Å². The van der Waals surface area contributed by atoms with Crippen molar-refractivity contribution in [1.82, 2.24) is 30.8 Å². The third-order valence-corrected chi connectivity index (χ3v) is 7.79. The Balaban J connectivity index is 1.76. The largest absolute Gasteiger partial charge is 0.444 e. The summed E-state index contributed by atoms with van der Waals surface area (Å²) in [7, 11) is 1.72. The number of hydrogen-bond acceptors (Lipinski definition) is 9. The first kappa shape index (κ1) is 30.9. The average Bonchev–Trinajstić information content (AvgIpc) is 3.51. The Labute approximate surface area is 228 Å². The van der Waals surface area contributed by atoms with E-state index in [0.29, 0.717) is 25.3 Å². The quantitative estimate of drug-likeness (QED) is 0.257. The van der Waals surface area contributed by atoms with E-state index in [0.717, 1.165) is 15.6 Å². The van der Waals surface area contributed by atoms with Crippen LogP contribution in [-0.2, 0) is 17.9 Å². The Kier molecular flexibility index (Phi) is 12.7. The molecule has 4 unspecified atom stereocenters. The maximum Gasteiger partial charge on any atom is 0.407 e. The zero-order chi connectivity index (χ0) is 27.5. The third kappa shape index (κ3) is 10.9. The summed E-state index contributed by atoms with van der Waals surface area (Å²) in [5.41, 5.74) is 2.55. The third-order valence-electron chi connectivity index (χ3n) is 5.84. The van der Waals surface area contributed by atoms with Crippen LogP contribution in [0.3, 0.4) is 0 Å². The van der Waals surface area contributed by atoms with Gasteiger partial charge in [0, 0.05) is 36.6 Å². The first-order valence-corrected chi connectivity index (χ1v) is 14.4. The van der Waals surface area contributed by atoms with Crippen LogP contribution < -0.4 is 16.0 Å². The van der Waals surface area contributed by atoms with Gasteiger partial charge in [0.15, 0.2) is 0 Å². The van der Waals surface area contributed by atoms with Crippen molar-refractivity contribution >= 4 is 34.8 Å². The normalized spacial score (nSPS) is 14.8. The molecule has 0 saturated carbocycles. The average molecular weight is 555 g/mol. The Morgan fingerprint density at radius 1 is 1.08 bits per heavy atom. The second-order valence-electron chi connectivity index (χ2n) is 10.1. The Hall–Kier alpha value is -2.28. The number of hydrogen-bond donors (Lipinski definition) is 4. The summed E-state index contributed by atoms with van der Waals surface area (Å²) in [6.45, 7) is 12.6. The van der Waals surface area contributed by atoms with Crippen LogP contribution in [0.15, 0.2) is 17.1 Å². The number of ether oxygens (including phenoxy) is 1. The van der Waals surface area contributed by atoms with Crippen molar-refractivity contribution in [2.24, 2.45) is 5.92 Å². The van der Waals surface area contributed by atoms with E-state index in [-0.39, 0.29) is 30.6 Å². The Morgan fingerprint density at radius 2 is 1.78 bits per heavy atom. The lowest BCUT2D eigenvalue weighted by molar-refractivity contribution is 0.0639. The van der Waals surface area contributed by atoms with E-state index in [4.69, 9.17) is 4.74 Å². The standard InChI is InChI=1S/C25H42N6O4S2/c1-15(2)21(30-24(33)31(7)11-19-13-36-23(29-19)16(3)4)22(32)27-17(5)8-9-18(6)28-25(34)35-12-20-10-26-14-37-20/h10,13-18,21-22,27,32H,8-9,11-12H2,1-7H3,(H,28,34)(H,30,33). The highest BCUT2D eigenvalue weighted by molar-refractivity contribution is 7.09.